The molecule has 1 aromatic rings. The van der Waals surface area contributed by atoms with Gasteiger partial charge in [-0.1, -0.05) is 33.6 Å². The van der Waals surface area contributed by atoms with Crippen LogP contribution in [-0.4, -0.2) is 17.8 Å². The third-order valence-electron chi connectivity index (χ3n) is 2.22. The van der Waals surface area contributed by atoms with Crippen LogP contribution in [0.1, 0.15) is 18.9 Å². The van der Waals surface area contributed by atoms with Gasteiger partial charge in [-0.2, -0.15) is 0 Å². The van der Waals surface area contributed by atoms with Crippen molar-refractivity contribution in [2.24, 2.45) is 0 Å². The first kappa shape index (κ1) is 13.0. The van der Waals surface area contributed by atoms with Crippen molar-refractivity contribution in [3.63, 3.8) is 0 Å². The van der Waals surface area contributed by atoms with Gasteiger partial charge in [0, 0.05) is 28.7 Å². The summed E-state index contributed by atoms with van der Waals surface area (Å²) in [7, 11) is 0. The molecule has 4 heteroatoms. The lowest BCUT2D eigenvalue weighted by Crippen LogP contribution is -2.26. The van der Waals surface area contributed by atoms with Gasteiger partial charge in [0.2, 0.25) is 0 Å². The number of halogens is 2. The molecule has 0 fully saturated rings. The van der Waals surface area contributed by atoms with Crippen molar-refractivity contribution in [3.8, 4) is 0 Å². The van der Waals surface area contributed by atoms with E-state index in [2.05, 4.69) is 28.2 Å². The molecule has 0 aromatic heterocycles. The van der Waals surface area contributed by atoms with E-state index in [1.165, 1.54) is 5.56 Å². The molecule has 0 heterocycles. The summed E-state index contributed by atoms with van der Waals surface area (Å²) in [6, 6.07) is 6.07. The van der Waals surface area contributed by atoms with Crippen LogP contribution >= 0.6 is 27.5 Å². The summed E-state index contributed by atoms with van der Waals surface area (Å²) < 4.78 is 1.01. The minimum absolute atomic E-state index is 0.218. The number of hydrogen-bond acceptors (Lipinski definition) is 2. The van der Waals surface area contributed by atoms with E-state index in [0.29, 0.717) is 6.04 Å². The minimum Gasteiger partial charge on any atom is -0.396 e. The highest BCUT2D eigenvalue weighted by Gasteiger charge is 2.03. The summed E-state index contributed by atoms with van der Waals surface area (Å²) in [5.41, 5.74) is 1.17. The Kier molecular flexibility index (Phi) is 5.61. The first-order valence-corrected chi connectivity index (χ1v) is 6.08. The molecular weight excluding hydrogens is 277 g/mol. The molecule has 2 N–H and O–H groups in total. The molecule has 84 valence electrons. The second-order valence-electron chi connectivity index (χ2n) is 3.53. The van der Waals surface area contributed by atoms with E-state index in [9.17, 15) is 0 Å². The zero-order valence-electron chi connectivity index (χ0n) is 8.63. The fraction of sp³-hybridized carbons (Fsp3) is 0.455. The van der Waals surface area contributed by atoms with Gasteiger partial charge in [0.15, 0.2) is 0 Å². The molecule has 0 aliphatic heterocycles. The molecule has 0 saturated heterocycles. The standard InChI is InChI=1S/C11H15BrClNO/c1-8(4-5-15)14-7-9-2-3-10(13)6-11(9)12/h2-3,6,8,14-15H,4-5,7H2,1H3. The molecule has 0 saturated carbocycles. The molecule has 15 heavy (non-hydrogen) atoms. The van der Waals surface area contributed by atoms with Gasteiger partial charge in [0.25, 0.3) is 0 Å². The van der Waals surface area contributed by atoms with E-state index < -0.39 is 0 Å². The lowest BCUT2D eigenvalue weighted by molar-refractivity contribution is 0.268. The number of aliphatic hydroxyl groups is 1. The molecule has 0 aliphatic rings. The molecule has 0 radical (unpaired) electrons. The largest absolute Gasteiger partial charge is 0.396 e. The van der Waals surface area contributed by atoms with Crippen LogP contribution in [0, 0.1) is 0 Å². The zero-order chi connectivity index (χ0) is 11.3. The molecule has 1 aromatic carbocycles. The normalized spacial score (nSPS) is 12.8. The van der Waals surface area contributed by atoms with E-state index in [1.54, 1.807) is 0 Å². The molecule has 1 unspecified atom stereocenters. The summed E-state index contributed by atoms with van der Waals surface area (Å²) in [6.45, 7) is 3.05. The van der Waals surface area contributed by atoms with Gasteiger partial charge in [-0.05, 0) is 31.0 Å². The summed E-state index contributed by atoms with van der Waals surface area (Å²) in [6.07, 6.45) is 0.769. The summed E-state index contributed by atoms with van der Waals surface area (Å²) in [5.74, 6) is 0. The number of aliphatic hydroxyl groups excluding tert-OH is 1. The fourth-order valence-electron chi connectivity index (χ4n) is 1.24. The number of benzene rings is 1. The Balaban J connectivity index is 2.50. The molecule has 0 aliphatic carbocycles. The van der Waals surface area contributed by atoms with Gasteiger partial charge in [0.1, 0.15) is 0 Å². The Morgan fingerprint density at radius 1 is 1.53 bits per heavy atom. The van der Waals surface area contributed by atoms with Crippen LogP contribution in [0.3, 0.4) is 0 Å². The zero-order valence-corrected chi connectivity index (χ0v) is 11.0. The highest BCUT2D eigenvalue weighted by atomic mass is 79.9. The van der Waals surface area contributed by atoms with Crippen LogP contribution in [0.4, 0.5) is 0 Å². The average Bonchev–Trinajstić information content (AvgIpc) is 2.17. The smallest absolute Gasteiger partial charge is 0.0445 e. The second-order valence-corrected chi connectivity index (χ2v) is 4.82. The summed E-state index contributed by atoms with van der Waals surface area (Å²) in [4.78, 5) is 0. The first-order chi connectivity index (χ1) is 7.13. The van der Waals surface area contributed by atoms with Gasteiger partial charge in [-0.25, -0.2) is 0 Å². The first-order valence-electron chi connectivity index (χ1n) is 4.91. The third-order valence-corrected chi connectivity index (χ3v) is 3.19. The van der Waals surface area contributed by atoms with Crippen molar-refractivity contribution in [2.45, 2.75) is 25.9 Å². The lowest BCUT2D eigenvalue weighted by atomic mass is 10.2. The van der Waals surface area contributed by atoms with Gasteiger partial charge in [-0.3, -0.25) is 0 Å². The quantitative estimate of drug-likeness (QED) is 0.874. The third kappa shape index (κ3) is 4.51. The van der Waals surface area contributed by atoms with Crippen LogP contribution in [0.5, 0.6) is 0 Å². The summed E-state index contributed by atoms with van der Waals surface area (Å²) in [5, 5.41) is 12.8. The van der Waals surface area contributed by atoms with Gasteiger partial charge < -0.3 is 10.4 Å². The molecular formula is C11H15BrClNO. The Morgan fingerprint density at radius 3 is 2.87 bits per heavy atom. The number of nitrogens with one attached hydrogen (secondary N) is 1. The molecule has 1 atom stereocenters. The van der Waals surface area contributed by atoms with Crippen LogP contribution in [0.2, 0.25) is 5.02 Å². The lowest BCUT2D eigenvalue weighted by Gasteiger charge is -2.13. The monoisotopic (exact) mass is 291 g/mol. The predicted molar refractivity (Wildman–Crippen MR) is 67.2 cm³/mol. The SMILES string of the molecule is CC(CCO)NCc1ccc(Cl)cc1Br. The van der Waals surface area contributed by atoms with Crippen molar-refractivity contribution in [3.05, 3.63) is 33.3 Å². The Labute approximate surface area is 104 Å². The average molecular weight is 293 g/mol. The maximum absolute atomic E-state index is 8.76. The highest BCUT2D eigenvalue weighted by Crippen LogP contribution is 2.21. The van der Waals surface area contributed by atoms with Crippen molar-refractivity contribution >= 4 is 27.5 Å². The Morgan fingerprint density at radius 2 is 2.27 bits per heavy atom. The van der Waals surface area contributed by atoms with Gasteiger partial charge in [0.05, 0.1) is 0 Å². The van der Waals surface area contributed by atoms with Crippen LogP contribution < -0.4 is 5.32 Å². The highest BCUT2D eigenvalue weighted by molar-refractivity contribution is 9.10. The molecule has 1 rings (SSSR count). The number of rotatable bonds is 5. The van der Waals surface area contributed by atoms with E-state index in [4.69, 9.17) is 16.7 Å². The van der Waals surface area contributed by atoms with Gasteiger partial charge >= 0.3 is 0 Å². The Hall–Kier alpha value is -0.0900. The Bertz CT molecular complexity index is 319. The van der Waals surface area contributed by atoms with E-state index in [-0.39, 0.29) is 6.61 Å². The van der Waals surface area contributed by atoms with E-state index >= 15 is 0 Å². The maximum atomic E-state index is 8.76. The molecule has 0 amide bonds. The van der Waals surface area contributed by atoms with Crippen molar-refractivity contribution < 1.29 is 5.11 Å². The second kappa shape index (κ2) is 6.48. The molecule has 2 nitrogen and oxygen atoms in total. The van der Waals surface area contributed by atoms with Crippen molar-refractivity contribution in [2.75, 3.05) is 6.61 Å². The summed E-state index contributed by atoms with van der Waals surface area (Å²) >= 11 is 9.31. The van der Waals surface area contributed by atoms with E-state index in [1.807, 2.05) is 18.2 Å². The predicted octanol–water partition coefficient (Wildman–Crippen LogP) is 2.96. The number of hydrogen-bond donors (Lipinski definition) is 2. The van der Waals surface area contributed by atoms with Crippen LogP contribution in [0.25, 0.3) is 0 Å². The fourth-order valence-corrected chi connectivity index (χ4v) is 2.07. The minimum atomic E-state index is 0.218. The van der Waals surface area contributed by atoms with Crippen molar-refractivity contribution in [1.82, 2.24) is 5.32 Å². The topological polar surface area (TPSA) is 32.3 Å². The van der Waals surface area contributed by atoms with Crippen LogP contribution in [0.15, 0.2) is 22.7 Å². The maximum Gasteiger partial charge on any atom is 0.0445 e. The van der Waals surface area contributed by atoms with E-state index in [0.717, 1.165) is 22.5 Å². The van der Waals surface area contributed by atoms with Crippen LogP contribution in [-0.2, 0) is 6.54 Å². The van der Waals surface area contributed by atoms with Gasteiger partial charge in [-0.15, -0.1) is 0 Å². The van der Waals surface area contributed by atoms with Crippen molar-refractivity contribution in [1.29, 1.82) is 0 Å². The molecule has 0 spiro atoms. The molecule has 0 bridgehead atoms.